The molecule has 3 atom stereocenters. The van der Waals surface area contributed by atoms with Crippen LogP contribution in [0.5, 0.6) is 5.88 Å². The van der Waals surface area contributed by atoms with Gasteiger partial charge in [-0.05, 0) is 30.7 Å². The van der Waals surface area contributed by atoms with Crippen LogP contribution in [-0.2, 0) is 4.74 Å². The summed E-state index contributed by atoms with van der Waals surface area (Å²) in [6, 6.07) is 9.70. The van der Waals surface area contributed by atoms with E-state index >= 15 is 0 Å². The van der Waals surface area contributed by atoms with Crippen molar-refractivity contribution >= 4 is 29.1 Å². The van der Waals surface area contributed by atoms with Gasteiger partial charge in [-0.1, -0.05) is 52.0 Å². The Morgan fingerprint density at radius 2 is 1.98 bits per heavy atom. The number of carbonyl (C=O) groups excluding carboxylic acids is 1. The number of hydrogen-bond donors (Lipinski definition) is 2. The van der Waals surface area contributed by atoms with Crippen LogP contribution >= 0.6 is 0 Å². The highest BCUT2D eigenvalue weighted by molar-refractivity contribution is 5.94. The standard InChI is InChI=1S/C33H46N8O3/c1-23-10-8-11-24(29(23)44-28-14-15-34-30(36-28)40-16-18-43-19-17-40)22-35-31(42)37-33(5)21-27(32(2,3)4)38-41(33)26-13-9-12-25(20-26)39(6)7/h8-15,20,23,29H,16-19,21-22H2,1-7H3,(H2,35,37,42). The predicted molar refractivity (Wildman–Crippen MR) is 176 cm³/mol. The first kappa shape index (κ1) is 31.3. The molecular formula is C33H46N8O3. The third kappa shape index (κ3) is 7.15. The number of amides is 2. The van der Waals surface area contributed by atoms with Crippen LogP contribution in [-0.4, -0.2) is 80.4 Å². The van der Waals surface area contributed by atoms with Crippen LogP contribution in [0, 0.1) is 11.3 Å². The molecule has 11 heteroatoms. The first-order chi connectivity index (χ1) is 20.9. The summed E-state index contributed by atoms with van der Waals surface area (Å²) in [5.41, 5.74) is 3.07. The van der Waals surface area contributed by atoms with Crippen LogP contribution in [0.3, 0.4) is 0 Å². The summed E-state index contributed by atoms with van der Waals surface area (Å²) in [5, 5.41) is 13.3. The van der Waals surface area contributed by atoms with Crippen molar-refractivity contribution in [2.75, 3.05) is 61.8 Å². The number of benzene rings is 1. The minimum atomic E-state index is -0.751. The van der Waals surface area contributed by atoms with Crippen molar-refractivity contribution in [3.63, 3.8) is 0 Å². The molecule has 0 radical (unpaired) electrons. The molecule has 1 aromatic carbocycles. The van der Waals surface area contributed by atoms with Gasteiger partial charge < -0.3 is 29.9 Å². The molecule has 2 amide bonds. The Kier molecular flexibility index (Phi) is 9.15. The van der Waals surface area contributed by atoms with E-state index < -0.39 is 5.66 Å². The molecule has 44 heavy (non-hydrogen) atoms. The lowest BCUT2D eigenvalue weighted by molar-refractivity contribution is 0.121. The molecule has 5 rings (SSSR count). The highest BCUT2D eigenvalue weighted by atomic mass is 16.5. The van der Waals surface area contributed by atoms with E-state index in [9.17, 15) is 4.79 Å². The largest absolute Gasteiger partial charge is 0.469 e. The van der Waals surface area contributed by atoms with Crippen molar-refractivity contribution in [2.45, 2.75) is 52.8 Å². The summed E-state index contributed by atoms with van der Waals surface area (Å²) >= 11 is 0. The quantitative estimate of drug-likeness (QED) is 0.452. The molecule has 236 valence electrons. The van der Waals surface area contributed by atoms with Gasteiger partial charge in [0.05, 0.1) is 18.9 Å². The van der Waals surface area contributed by atoms with Crippen molar-refractivity contribution in [2.24, 2.45) is 16.4 Å². The van der Waals surface area contributed by atoms with Gasteiger partial charge in [0, 0.05) is 75.1 Å². The minimum absolute atomic E-state index is 0.0937. The Labute approximate surface area is 261 Å². The molecule has 0 spiro atoms. The normalized spacial score (nSPS) is 23.6. The molecule has 2 aromatic rings. The monoisotopic (exact) mass is 602 g/mol. The van der Waals surface area contributed by atoms with Crippen molar-refractivity contribution in [1.82, 2.24) is 20.6 Å². The minimum Gasteiger partial charge on any atom is -0.469 e. The van der Waals surface area contributed by atoms with Gasteiger partial charge in [0.25, 0.3) is 0 Å². The predicted octanol–water partition coefficient (Wildman–Crippen LogP) is 4.59. The third-order valence-electron chi connectivity index (χ3n) is 8.22. The topological polar surface area (TPSA) is 107 Å². The van der Waals surface area contributed by atoms with Gasteiger partial charge in [-0.15, -0.1) is 0 Å². The maximum Gasteiger partial charge on any atom is 0.316 e. The van der Waals surface area contributed by atoms with Crippen LogP contribution in [0.4, 0.5) is 22.1 Å². The number of hydrogen-bond acceptors (Lipinski definition) is 9. The van der Waals surface area contributed by atoms with E-state index in [1.165, 1.54) is 0 Å². The maximum atomic E-state index is 13.5. The number of rotatable bonds is 8. The fraction of sp³-hybridized carbons (Fsp3) is 0.515. The zero-order valence-corrected chi connectivity index (χ0v) is 27.0. The molecule has 3 aliphatic rings. The Morgan fingerprint density at radius 1 is 1.20 bits per heavy atom. The van der Waals surface area contributed by atoms with E-state index in [-0.39, 0.29) is 23.5 Å². The van der Waals surface area contributed by atoms with Crippen LogP contribution < -0.4 is 30.2 Å². The van der Waals surface area contributed by atoms with E-state index in [0.29, 0.717) is 38.0 Å². The number of ether oxygens (including phenoxy) is 2. The zero-order chi connectivity index (χ0) is 31.5. The lowest BCUT2D eigenvalue weighted by Crippen LogP contribution is -2.58. The van der Waals surface area contributed by atoms with Crippen LogP contribution in [0.15, 0.2) is 65.4 Å². The van der Waals surface area contributed by atoms with Gasteiger partial charge in [0.2, 0.25) is 11.8 Å². The average molecular weight is 603 g/mol. The number of nitrogens with zero attached hydrogens (tertiary/aromatic N) is 6. The summed E-state index contributed by atoms with van der Waals surface area (Å²) in [6.45, 7) is 13.7. The lowest BCUT2D eigenvalue weighted by Gasteiger charge is -2.36. The molecule has 3 heterocycles. The van der Waals surface area contributed by atoms with Gasteiger partial charge >= 0.3 is 6.03 Å². The molecular weight excluding hydrogens is 556 g/mol. The third-order valence-corrected chi connectivity index (χ3v) is 8.22. The van der Waals surface area contributed by atoms with Crippen molar-refractivity contribution in [3.05, 3.63) is 60.3 Å². The van der Waals surface area contributed by atoms with Crippen molar-refractivity contribution < 1.29 is 14.3 Å². The number of urea groups is 1. The number of aromatic nitrogens is 2. The van der Waals surface area contributed by atoms with E-state index in [4.69, 9.17) is 14.6 Å². The smallest absolute Gasteiger partial charge is 0.316 e. The molecule has 1 aliphatic carbocycles. The Bertz CT molecular complexity index is 1430. The molecule has 1 aromatic heterocycles. The molecule has 3 unspecified atom stereocenters. The second kappa shape index (κ2) is 12.9. The van der Waals surface area contributed by atoms with Crippen LogP contribution in [0.25, 0.3) is 0 Å². The number of morpholine rings is 1. The molecule has 11 nitrogen and oxygen atoms in total. The lowest BCUT2D eigenvalue weighted by atomic mass is 9.85. The van der Waals surface area contributed by atoms with Gasteiger partial charge in [0.1, 0.15) is 11.8 Å². The van der Waals surface area contributed by atoms with E-state index in [1.54, 1.807) is 12.3 Å². The fourth-order valence-electron chi connectivity index (χ4n) is 5.57. The number of allylic oxidation sites excluding steroid dienone is 2. The number of hydrazone groups is 1. The van der Waals surface area contributed by atoms with Gasteiger partial charge in [-0.2, -0.15) is 10.1 Å². The summed E-state index contributed by atoms with van der Waals surface area (Å²) < 4.78 is 11.9. The molecule has 2 N–H and O–H groups in total. The second-order valence-electron chi connectivity index (χ2n) is 13.1. The van der Waals surface area contributed by atoms with Crippen molar-refractivity contribution in [3.8, 4) is 5.88 Å². The Balaban J connectivity index is 1.27. The van der Waals surface area contributed by atoms with E-state index in [2.05, 4.69) is 76.3 Å². The Hall–Kier alpha value is -4.12. The van der Waals surface area contributed by atoms with E-state index in [0.717, 1.165) is 35.7 Å². The molecule has 1 fully saturated rings. The molecule has 0 saturated carbocycles. The number of carbonyl (C=O) groups is 1. The van der Waals surface area contributed by atoms with Crippen molar-refractivity contribution in [1.29, 1.82) is 0 Å². The highest BCUT2D eigenvalue weighted by Crippen LogP contribution is 2.37. The second-order valence-corrected chi connectivity index (χ2v) is 13.1. The highest BCUT2D eigenvalue weighted by Gasteiger charge is 2.44. The van der Waals surface area contributed by atoms with Gasteiger partial charge in [0.15, 0.2) is 0 Å². The maximum absolute atomic E-state index is 13.5. The SMILES string of the molecule is CC1C=CC=C(CNC(=O)NC2(C)CC(C(C)(C)C)=NN2c2cccc(N(C)C)c2)C1Oc1ccnc(N2CCOCC2)n1. The first-order valence-corrected chi connectivity index (χ1v) is 15.3. The average Bonchev–Trinajstić information content (AvgIpc) is 3.35. The first-order valence-electron chi connectivity index (χ1n) is 15.3. The van der Waals surface area contributed by atoms with Gasteiger partial charge in [-0.3, -0.25) is 0 Å². The summed E-state index contributed by atoms with van der Waals surface area (Å²) in [5.74, 6) is 1.23. The molecule has 2 aliphatic heterocycles. The van der Waals surface area contributed by atoms with Crippen LogP contribution in [0.2, 0.25) is 0 Å². The number of anilines is 3. The summed E-state index contributed by atoms with van der Waals surface area (Å²) in [4.78, 5) is 26.8. The summed E-state index contributed by atoms with van der Waals surface area (Å²) in [6.07, 6.45) is 8.16. The fourth-order valence-corrected chi connectivity index (χ4v) is 5.57. The molecule has 1 saturated heterocycles. The Morgan fingerprint density at radius 3 is 2.70 bits per heavy atom. The van der Waals surface area contributed by atoms with Crippen LogP contribution in [0.1, 0.15) is 41.0 Å². The molecule has 0 bridgehead atoms. The van der Waals surface area contributed by atoms with Gasteiger partial charge in [-0.25, -0.2) is 14.8 Å². The number of nitrogens with one attached hydrogen (secondary N) is 2. The zero-order valence-electron chi connectivity index (χ0n) is 27.0. The summed E-state index contributed by atoms with van der Waals surface area (Å²) in [7, 11) is 4.03. The van der Waals surface area contributed by atoms with E-state index in [1.807, 2.05) is 50.3 Å².